The van der Waals surface area contributed by atoms with Crippen LogP contribution in [0.1, 0.15) is 0 Å². The number of rotatable bonds is 0. The summed E-state index contributed by atoms with van der Waals surface area (Å²) in [6.45, 7) is 0. The van der Waals surface area contributed by atoms with E-state index in [2.05, 4.69) is 12.6 Å². The van der Waals surface area contributed by atoms with Crippen molar-refractivity contribution in [3.63, 3.8) is 0 Å². The van der Waals surface area contributed by atoms with Crippen molar-refractivity contribution in [3.8, 4) is 5.75 Å². The van der Waals surface area contributed by atoms with E-state index in [-0.39, 0.29) is 10.6 Å². The Kier molecular flexibility index (Phi) is 1.62. The van der Waals surface area contributed by atoms with Crippen LogP contribution in [0.15, 0.2) is 23.1 Å². The van der Waals surface area contributed by atoms with Gasteiger partial charge >= 0.3 is 0 Å². The van der Waals surface area contributed by atoms with Crippen molar-refractivity contribution in [1.29, 1.82) is 0 Å². The molecule has 0 bridgehead atoms. The van der Waals surface area contributed by atoms with Gasteiger partial charge in [0.1, 0.15) is 11.6 Å². The minimum Gasteiger partial charge on any atom is -0.508 e. The van der Waals surface area contributed by atoms with Crippen LogP contribution in [0.5, 0.6) is 5.75 Å². The lowest BCUT2D eigenvalue weighted by atomic mass is 10.3. The van der Waals surface area contributed by atoms with Gasteiger partial charge in [-0.1, -0.05) is 0 Å². The minimum atomic E-state index is -0.420. The molecule has 9 heavy (non-hydrogen) atoms. The Bertz CT molecular complexity index is 224. The molecule has 1 aromatic rings. The highest BCUT2D eigenvalue weighted by molar-refractivity contribution is 7.80. The summed E-state index contributed by atoms with van der Waals surface area (Å²) in [5.74, 6) is -0.391. The van der Waals surface area contributed by atoms with E-state index >= 15 is 0 Å². The number of phenols is 1. The highest BCUT2D eigenvalue weighted by Gasteiger charge is 1.95. The van der Waals surface area contributed by atoms with Gasteiger partial charge in [-0.15, -0.1) is 12.6 Å². The predicted octanol–water partition coefficient (Wildman–Crippen LogP) is 1.82. The maximum Gasteiger partial charge on any atom is 0.136 e. The molecule has 0 aromatic heterocycles. The molecule has 0 spiro atoms. The van der Waals surface area contributed by atoms with Crippen molar-refractivity contribution in [2.45, 2.75) is 4.90 Å². The largest absolute Gasteiger partial charge is 0.508 e. The number of aromatic hydroxyl groups is 1. The zero-order chi connectivity index (χ0) is 6.85. The third-order valence-corrected chi connectivity index (χ3v) is 1.27. The predicted molar refractivity (Wildman–Crippen MR) is 35.3 cm³/mol. The molecule has 0 amide bonds. The molecule has 0 heterocycles. The molecule has 0 saturated heterocycles. The van der Waals surface area contributed by atoms with E-state index in [0.717, 1.165) is 6.07 Å². The highest BCUT2D eigenvalue weighted by Crippen LogP contribution is 2.17. The van der Waals surface area contributed by atoms with Gasteiger partial charge in [0.15, 0.2) is 0 Å². The van der Waals surface area contributed by atoms with Crippen molar-refractivity contribution in [1.82, 2.24) is 0 Å². The van der Waals surface area contributed by atoms with E-state index in [1.807, 2.05) is 0 Å². The topological polar surface area (TPSA) is 20.2 Å². The van der Waals surface area contributed by atoms with E-state index in [1.165, 1.54) is 12.1 Å². The van der Waals surface area contributed by atoms with E-state index in [0.29, 0.717) is 0 Å². The van der Waals surface area contributed by atoms with Crippen LogP contribution in [0.3, 0.4) is 0 Å². The molecule has 0 fully saturated rings. The number of hydrogen-bond donors (Lipinski definition) is 2. The van der Waals surface area contributed by atoms with Crippen molar-refractivity contribution in [3.05, 3.63) is 24.0 Å². The fourth-order valence-electron chi connectivity index (χ4n) is 0.501. The first-order chi connectivity index (χ1) is 4.20. The number of phenolic OH excluding ortho intramolecular Hbond substituents is 1. The number of thiol groups is 1. The van der Waals surface area contributed by atoms with Gasteiger partial charge in [0.2, 0.25) is 0 Å². The quantitative estimate of drug-likeness (QED) is 0.532. The molecule has 1 rings (SSSR count). The lowest BCUT2D eigenvalue weighted by Gasteiger charge is -1.93. The summed E-state index contributed by atoms with van der Waals surface area (Å²) < 4.78 is 12.3. The highest BCUT2D eigenvalue weighted by atomic mass is 32.1. The summed E-state index contributed by atoms with van der Waals surface area (Å²) in [5.41, 5.74) is 0. The number of benzene rings is 1. The molecule has 1 aromatic carbocycles. The maximum atomic E-state index is 12.3. The third kappa shape index (κ3) is 1.36. The third-order valence-electron chi connectivity index (χ3n) is 0.930. The fraction of sp³-hybridized carbons (Fsp3) is 0. The molecule has 0 aliphatic carbocycles. The molecule has 0 atom stereocenters. The Morgan fingerprint density at radius 3 is 2.56 bits per heavy atom. The van der Waals surface area contributed by atoms with Gasteiger partial charge in [0, 0.05) is 4.90 Å². The summed E-state index contributed by atoms with van der Waals surface area (Å²) in [6.07, 6.45) is 0. The van der Waals surface area contributed by atoms with Gasteiger partial charge in [-0.05, 0) is 18.2 Å². The molecule has 1 nitrogen and oxygen atoms in total. The Hall–Kier alpha value is -0.700. The summed E-state index contributed by atoms with van der Waals surface area (Å²) in [7, 11) is 0. The zero-order valence-corrected chi connectivity index (χ0v) is 5.40. The van der Waals surface area contributed by atoms with Gasteiger partial charge in [0.25, 0.3) is 0 Å². The molecule has 1 N–H and O–H groups in total. The van der Waals surface area contributed by atoms with Gasteiger partial charge in [0.05, 0.1) is 0 Å². The molecular formula is C6H5FOS. The molecule has 3 heteroatoms. The normalized spacial score (nSPS) is 9.56. The average Bonchev–Trinajstić information content (AvgIpc) is 1.80. The molecule has 0 radical (unpaired) electrons. The van der Waals surface area contributed by atoms with Crippen molar-refractivity contribution < 1.29 is 9.50 Å². The zero-order valence-electron chi connectivity index (χ0n) is 4.50. The van der Waals surface area contributed by atoms with Gasteiger partial charge < -0.3 is 5.11 Å². The molecule has 0 saturated carbocycles. The standard InChI is InChI=1S/C6H5FOS/c7-5-2-1-4(8)3-6(5)9/h1-3,8-9H. The van der Waals surface area contributed by atoms with Crippen molar-refractivity contribution in [2.24, 2.45) is 0 Å². The van der Waals surface area contributed by atoms with E-state index in [1.54, 1.807) is 0 Å². The lowest BCUT2D eigenvalue weighted by molar-refractivity contribution is 0.470. The summed E-state index contributed by atoms with van der Waals surface area (Å²) in [5, 5.41) is 8.72. The maximum absolute atomic E-state index is 12.3. The molecule has 0 aliphatic heterocycles. The van der Waals surface area contributed by atoms with Crippen LogP contribution in [-0.4, -0.2) is 5.11 Å². The Balaban J connectivity index is 3.17. The number of hydrogen-bond acceptors (Lipinski definition) is 2. The second kappa shape index (κ2) is 2.27. The van der Waals surface area contributed by atoms with Gasteiger partial charge in [-0.2, -0.15) is 0 Å². The van der Waals surface area contributed by atoms with E-state index in [9.17, 15) is 4.39 Å². The SMILES string of the molecule is Oc1ccc(F)c(S)c1. The monoisotopic (exact) mass is 144 g/mol. The van der Waals surface area contributed by atoms with Crippen LogP contribution >= 0.6 is 12.6 Å². The number of halogens is 1. The first kappa shape index (κ1) is 6.42. The Morgan fingerprint density at radius 1 is 1.44 bits per heavy atom. The molecule has 0 unspecified atom stereocenters. The van der Waals surface area contributed by atoms with Crippen LogP contribution in [0.4, 0.5) is 4.39 Å². The summed E-state index contributed by atoms with van der Waals surface area (Å²) in [6, 6.07) is 3.69. The lowest BCUT2D eigenvalue weighted by Crippen LogP contribution is -1.74. The Labute approximate surface area is 57.5 Å². The molecule has 0 aliphatic rings. The van der Waals surface area contributed by atoms with Crippen LogP contribution in [0, 0.1) is 5.82 Å². The van der Waals surface area contributed by atoms with Crippen LogP contribution < -0.4 is 0 Å². The molecular weight excluding hydrogens is 139 g/mol. The van der Waals surface area contributed by atoms with Gasteiger partial charge in [-0.25, -0.2) is 4.39 Å². The smallest absolute Gasteiger partial charge is 0.136 e. The van der Waals surface area contributed by atoms with Crippen molar-refractivity contribution >= 4 is 12.6 Å². The van der Waals surface area contributed by atoms with Gasteiger partial charge in [-0.3, -0.25) is 0 Å². The second-order valence-corrected chi connectivity index (χ2v) is 2.12. The summed E-state index contributed by atoms with van der Waals surface area (Å²) in [4.78, 5) is 0.162. The molecule has 48 valence electrons. The Morgan fingerprint density at radius 2 is 2.11 bits per heavy atom. The minimum absolute atomic E-state index is 0.0291. The first-order valence-electron chi connectivity index (χ1n) is 2.37. The van der Waals surface area contributed by atoms with Crippen molar-refractivity contribution in [2.75, 3.05) is 0 Å². The van der Waals surface area contributed by atoms with Crippen LogP contribution in [0.25, 0.3) is 0 Å². The van der Waals surface area contributed by atoms with E-state index < -0.39 is 5.82 Å². The van der Waals surface area contributed by atoms with Crippen LogP contribution in [-0.2, 0) is 0 Å². The second-order valence-electron chi connectivity index (χ2n) is 1.64. The van der Waals surface area contributed by atoms with Crippen LogP contribution in [0.2, 0.25) is 0 Å². The summed E-state index contributed by atoms with van der Waals surface area (Å²) >= 11 is 3.73. The average molecular weight is 144 g/mol. The van der Waals surface area contributed by atoms with E-state index in [4.69, 9.17) is 5.11 Å². The fourth-order valence-corrected chi connectivity index (χ4v) is 0.708. The first-order valence-corrected chi connectivity index (χ1v) is 2.82.